The van der Waals surface area contributed by atoms with Crippen molar-refractivity contribution < 1.29 is 28.8 Å². The molecule has 0 aliphatic carbocycles. The number of hydrogen-bond acceptors (Lipinski definition) is 6. The van der Waals surface area contributed by atoms with Crippen molar-refractivity contribution in [1.29, 1.82) is 0 Å². The van der Waals surface area contributed by atoms with E-state index in [4.69, 9.17) is 0 Å². The molecule has 1 unspecified atom stereocenters. The van der Waals surface area contributed by atoms with Gasteiger partial charge in [0.1, 0.15) is 6.04 Å². The highest BCUT2D eigenvalue weighted by atomic mass is 16.7. The number of unbranched alkanes of at least 4 members (excludes halogenated alkanes) is 2. The Morgan fingerprint density at radius 3 is 2.62 bits per heavy atom. The molecular weight excluding hydrogens is 280 g/mol. The minimum Gasteiger partial charge on any atom is -0.468 e. The molecule has 0 saturated carbocycles. The molecule has 0 heterocycles. The van der Waals surface area contributed by atoms with Gasteiger partial charge in [0.05, 0.1) is 6.61 Å². The van der Waals surface area contributed by atoms with Crippen molar-refractivity contribution in [2.24, 2.45) is 0 Å². The van der Waals surface area contributed by atoms with E-state index in [-0.39, 0.29) is 6.47 Å². The summed E-state index contributed by atoms with van der Waals surface area (Å²) in [5, 5.41) is 3.23. The van der Waals surface area contributed by atoms with Crippen molar-refractivity contribution in [2.75, 3.05) is 13.2 Å². The molecule has 1 N–H and O–H groups in total. The average molecular weight is 301 g/mol. The van der Waals surface area contributed by atoms with Crippen molar-refractivity contribution in [2.45, 2.75) is 45.1 Å². The quantitative estimate of drug-likeness (QED) is 0.211. The van der Waals surface area contributed by atoms with E-state index in [2.05, 4.69) is 14.9 Å². The lowest BCUT2D eigenvalue weighted by molar-refractivity contribution is -0.167. The van der Waals surface area contributed by atoms with Gasteiger partial charge in [-0.3, -0.25) is 19.2 Å². The third-order valence-corrected chi connectivity index (χ3v) is 2.72. The van der Waals surface area contributed by atoms with E-state index in [0.717, 1.165) is 6.42 Å². The molecule has 2 amide bonds. The Bertz CT molecular complexity index is 324. The monoisotopic (exact) mass is 301 g/mol. The highest BCUT2D eigenvalue weighted by Crippen LogP contribution is 2.08. The molecule has 0 aromatic heterocycles. The molecule has 1 radical (unpaired) electrons. The van der Waals surface area contributed by atoms with Crippen LogP contribution in [0.5, 0.6) is 0 Å². The first-order chi connectivity index (χ1) is 10.2. The molecular formula is C13H21N2O6. The van der Waals surface area contributed by atoms with Crippen molar-refractivity contribution in [3.8, 4) is 0 Å². The van der Waals surface area contributed by atoms with Crippen LogP contribution in [0.25, 0.3) is 0 Å². The second-order valence-electron chi connectivity index (χ2n) is 4.24. The van der Waals surface area contributed by atoms with E-state index < -0.39 is 11.9 Å². The van der Waals surface area contributed by atoms with Gasteiger partial charge in [0.25, 0.3) is 6.47 Å². The maximum atomic E-state index is 12.0. The van der Waals surface area contributed by atoms with Gasteiger partial charge in [-0.05, 0) is 19.3 Å². The first kappa shape index (κ1) is 18.9. The van der Waals surface area contributed by atoms with Crippen molar-refractivity contribution in [3.05, 3.63) is 0 Å². The summed E-state index contributed by atoms with van der Waals surface area (Å²) in [5.74, 6) is -0.412. The average Bonchev–Trinajstić information content (AvgIpc) is 2.49. The van der Waals surface area contributed by atoms with Crippen LogP contribution < -0.4 is 5.32 Å². The van der Waals surface area contributed by atoms with Crippen LogP contribution in [0.1, 0.15) is 39.0 Å². The molecule has 1 atom stereocenters. The molecule has 0 aromatic carbocycles. The van der Waals surface area contributed by atoms with E-state index in [1.54, 1.807) is 0 Å². The summed E-state index contributed by atoms with van der Waals surface area (Å²) in [4.78, 5) is 47.4. The molecule has 0 fully saturated rings. The molecule has 0 aromatic rings. The second kappa shape index (κ2) is 12.9. The summed E-state index contributed by atoms with van der Waals surface area (Å²) < 4.78 is 4.52. The standard InChI is InChI=1S/C13H21N2O6/c1-2-3-6-12(15(9-16)21-11-18)13(19)14-7-4-5-8-20-10-17/h10-12H,2-8H2,1H3,(H,14,19). The number of carbonyl (C=O) groups is 3. The predicted octanol–water partition coefficient (Wildman–Crippen LogP) is 0.0718. The summed E-state index contributed by atoms with van der Waals surface area (Å²) in [6, 6.07) is -0.890. The van der Waals surface area contributed by atoms with Gasteiger partial charge in [-0.1, -0.05) is 19.8 Å². The number of hydroxylamine groups is 2. The van der Waals surface area contributed by atoms with Crippen LogP contribution in [-0.4, -0.2) is 49.5 Å². The van der Waals surface area contributed by atoms with Gasteiger partial charge < -0.3 is 14.9 Å². The molecule has 0 rings (SSSR count). The maximum absolute atomic E-state index is 12.0. The van der Waals surface area contributed by atoms with Gasteiger partial charge in [-0.25, -0.2) is 0 Å². The molecule has 0 saturated heterocycles. The lowest BCUT2D eigenvalue weighted by atomic mass is 10.1. The van der Waals surface area contributed by atoms with Gasteiger partial charge >= 0.3 is 12.9 Å². The smallest absolute Gasteiger partial charge is 0.348 e. The highest BCUT2D eigenvalue weighted by Gasteiger charge is 2.26. The lowest BCUT2D eigenvalue weighted by Crippen LogP contribution is -2.46. The minimum atomic E-state index is -0.890. The van der Waals surface area contributed by atoms with Gasteiger partial charge in [0, 0.05) is 6.54 Å². The van der Waals surface area contributed by atoms with Crippen LogP contribution >= 0.6 is 0 Å². The topological polar surface area (TPSA) is 102 Å². The summed E-state index contributed by atoms with van der Waals surface area (Å²) in [7, 11) is 0. The lowest BCUT2D eigenvalue weighted by Gasteiger charge is -2.23. The largest absolute Gasteiger partial charge is 0.468 e. The Kier molecular flexibility index (Phi) is 11.6. The zero-order valence-electron chi connectivity index (χ0n) is 12.1. The summed E-state index contributed by atoms with van der Waals surface area (Å²) in [6.45, 7) is 3.05. The van der Waals surface area contributed by atoms with E-state index in [0.29, 0.717) is 50.4 Å². The van der Waals surface area contributed by atoms with Gasteiger partial charge in [-0.2, -0.15) is 5.06 Å². The van der Waals surface area contributed by atoms with Crippen LogP contribution in [0.3, 0.4) is 0 Å². The van der Waals surface area contributed by atoms with E-state index in [9.17, 15) is 19.2 Å². The first-order valence-corrected chi connectivity index (χ1v) is 6.81. The van der Waals surface area contributed by atoms with Crippen molar-refractivity contribution in [1.82, 2.24) is 10.4 Å². The highest BCUT2D eigenvalue weighted by molar-refractivity contribution is 5.83. The molecule has 0 aliphatic heterocycles. The summed E-state index contributed by atoms with van der Waals surface area (Å²) >= 11 is 0. The normalized spacial score (nSPS) is 11.1. The molecule has 8 heteroatoms. The maximum Gasteiger partial charge on any atom is 0.348 e. The molecule has 119 valence electrons. The fraction of sp³-hybridized carbons (Fsp3) is 0.692. The summed E-state index contributed by atoms with van der Waals surface area (Å²) in [5.41, 5.74) is 0. The van der Waals surface area contributed by atoms with Crippen molar-refractivity contribution >= 4 is 25.3 Å². The second-order valence-corrected chi connectivity index (χ2v) is 4.24. The van der Waals surface area contributed by atoms with E-state index in [1.807, 2.05) is 6.92 Å². The fourth-order valence-corrected chi connectivity index (χ4v) is 1.65. The zero-order chi connectivity index (χ0) is 15.9. The third kappa shape index (κ3) is 8.61. The van der Waals surface area contributed by atoms with Gasteiger partial charge in [0.15, 0.2) is 0 Å². The van der Waals surface area contributed by atoms with Crippen LogP contribution in [0.15, 0.2) is 0 Å². The molecule has 0 spiro atoms. The molecule has 21 heavy (non-hydrogen) atoms. The molecule has 0 bridgehead atoms. The Morgan fingerprint density at radius 1 is 1.29 bits per heavy atom. The van der Waals surface area contributed by atoms with Gasteiger partial charge in [0.2, 0.25) is 5.91 Å². The van der Waals surface area contributed by atoms with E-state index in [1.165, 1.54) is 6.41 Å². The van der Waals surface area contributed by atoms with Crippen LogP contribution in [-0.2, 0) is 28.8 Å². The summed E-state index contributed by atoms with van der Waals surface area (Å²) in [6.07, 6.45) is 4.57. The predicted molar refractivity (Wildman–Crippen MR) is 72.3 cm³/mol. The zero-order valence-corrected chi connectivity index (χ0v) is 12.1. The Morgan fingerprint density at radius 2 is 2.05 bits per heavy atom. The Balaban J connectivity index is 4.26. The van der Waals surface area contributed by atoms with Crippen LogP contribution in [0.4, 0.5) is 0 Å². The van der Waals surface area contributed by atoms with E-state index >= 15 is 0 Å². The number of carbonyl (C=O) groups excluding carboxylic acids is 4. The number of nitrogens with zero attached hydrogens (tertiary/aromatic N) is 1. The number of hydrogen-bond donors (Lipinski definition) is 1. The van der Waals surface area contributed by atoms with Crippen molar-refractivity contribution in [3.63, 3.8) is 0 Å². The van der Waals surface area contributed by atoms with Crippen LogP contribution in [0, 0.1) is 0 Å². The minimum absolute atomic E-state index is 0.0773. The first-order valence-electron chi connectivity index (χ1n) is 6.81. The number of ether oxygens (including phenoxy) is 1. The Labute approximate surface area is 123 Å². The fourth-order valence-electron chi connectivity index (χ4n) is 1.65. The molecule has 8 nitrogen and oxygen atoms in total. The molecule has 0 aliphatic rings. The Hall–Kier alpha value is -2.12. The third-order valence-electron chi connectivity index (χ3n) is 2.72. The number of nitrogens with one attached hydrogen (secondary N) is 1. The number of rotatable bonds is 14. The van der Waals surface area contributed by atoms with Crippen LogP contribution in [0.2, 0.25) is 0 Å². The SMILES string of the molecule is CCCCC(C(=O)NCCCCOC=O)N([C]=O)OC=O. The number of amides is 2. The van der Waals surface area contributed by atoms with Gasteiger partial charge in [-0.15, -0.1) is 0 Å².